The third-order valence-electron chi connectivity index (χ3n) is 1.79. The molecule has 14 heavy (non-hydrogen) atoms. The second kappa shape index (κ2) is 5.07. The maximum absolute atomic E-state index is 5.12. The van der Waals surface area contributed by atoms with Crippen molar-refractivity contribution in [3.8, 4) is 5.75 Å². The summed E-state index contributed by atoms with van der Waals surface area (Å²) in [7, 11) is 3.39. The van der Waals surface area contributed by atoms with E-state index in [4.69, 9.17) is 4.74 Å². The zero-order valence-corrected chi connectivity index (χ0v) is 8.45. The molecule has 0 aliphatic carbocycles. The first-order valence-corrected chi connectivity index (χ1v) is 4.33. The summed E-state index contributed by atoms with van der Waals surface area (Å²) in [5.74, 6) is 0.813. The van der Waals surface area contributed by atoms with Gasteiger partial charge in [0.15, 0.2) is 0 Å². The fourth-order valence-corrected chi connectivity index (χ4v) is 1.13. The van der Waals surface area contributed by atoms with Crippen molar-refractivity contribution in [3.05, 3.63) is 42.5 Å². The molecular formula is C11H14N2O. The van der Waals surface area contributed by atoms with Crippen molar-refractivity contribution in [2.75, 3.05) is 14.2 Å². The summed E-state index contributed by atoms with van der Waals surface area (Å²) in [4.78, 5) is 0. The molecule has 1 aromatic rings. The number of allylic oxidation sites excluding steroid dienone is 1. The third kappa shape index (κ3) is 2.36. The summed E-state index contributed by atoms with van der Waals surface area (Å²) >= 11 is 0. The van der Waals surface area contributed by atoms with Crippen LogP contribution in [0.3, 0.4) is 0 Å². The molecule has 0 aromatic heterocycles. The summed E-state index contributed by atoms with van der Waals surface area (Å²) < 4.78 is 5.12. The molecule has 0 aliphatic heterocycles. The molecule has 0 heterocycles. The van der Waals surface area contributed by atoms with Gasteiger partial charge < -0.3 is 10.2 Å². The molecule has 1 aromatic carbocycles. The average molecular weight is 190 g/mol. The number of rotatable bonds is 4. The molecule has 0 unspecified atom stereocenters. The molecule has 1 rings (SSSR count). The Morgan fingerprint density at radius 1 is 1.57 bits per heavy atom. The molecule has 0 atom stereocenters. The van der Waals surface area contributed by atoms with Crippen LogP contribution in [0.15, 0.2) is 42.0 Å². The fraction of sp³-hybridized carbons (Fsp3) is 0.182. The predicted molar refractivity (Wildman–Crippen MR) is 58.8 cm³/mol. The Labute approximate surface area is 84.1 Å². The van der Waals surface area contributed by atoms with Crippen LogP contribution in [0.5, 0.6) is 5.75 Å². The lowest BCUT2D eigenvalue weighted by Gasteiger charge is -2.04. The Hall–Kier alpha value is -1.77. The van der Waals surface area contributed by atoms with Crippen LogP contribution >= 0.6 is 0 Å². The van der Waals surface area contributed by atoms with Crippen LogP contribution in [0.1, 0.15) is 5.56 Å². The number of hydrogen-bond acceptors (Lipinski definition) is 3. The topological polar surface area (TPSA) is 33.6 Å². The minimum Gasteiger partial charge on any atom is -0.497 e. The molecule has 0 aliphatic rings. The van der Waals surface area contributed by atoms with E-state index in [1.165, 1.54) is 0 Å². The Kier molecular flexibility index (Phi) is 3.73. The van der Waals surface area contributed by atoms with Crippen molar-refractivity contribution in [1.29, 1.82) is 0 Å². The Morgan fingerprint density at radius 2 is 2.36 bits per heavy atom. The molecular weight excluding hydrogens is 176 g/mol. The normalized spacial score (nSPS) is 10.9. The summed E-state index contributed by atoms with van der Waals surface area (Å²) in [6.45, 7) is 3.70. The SMILES string of the molecule is C=C/C(=N\NC)c1cccc(OC)c1. The van der Waals surface area contributed by atoms with Crippen LogP contribution in [-0.4, -0.2) is 19.9 Å². The molecule has 0 bridgehead atoms. The number of benzene rings is 1. The highest BCUT2D eigenvalue weighted by atomic mass is 16.5. The van der Waals surface area contributed by atoms with E-state index in [2.05, 4.69) is 17.1 Å². The number of nitrogens with one attached hydrogen (secondary N) is 1. The van der Waals surface area contributed by atoms with E-state index in [1.54, 1.807) is 20.2 Å². The summed E-state index contributed by atoms with van der Waals surface area (Å²) in [5, 5.41) is 4.08. The second-order valence-electron chi connectivity index (χ2n) is 2.66. The van der Waals surface area contributed by atoms with Gasteiger partial charge in [-0.2, -0.15) is 5.10 Å². The minimum atomic E-state index is 0.798. The Morgan fingerprint density at radius 3 is 2.93 bits per heavy atom. The molecule has 0 amide bonds. The van der Waals surface area contributed by atoms with Crippen LogP contribution in [0.4, 0.5) is 0 Å². The fourth-order valence-electron chi connectivity index (χ4n) is 1.13. The molecule has 0 saturated heterocycles. The number of nitrogens with zero attached hydrogens (tertiary/aromatic N) is 1. The quantitative estimate of drug-likeness (QED) is 0.580. The van der Waals surface area contributed by atoms with E-state index >= 15 is 0 Å². The lowest BCUT2D eigenvalue weighted by molar-refractivity contribution is 0.414. The van der Waals surface area contributed by atoms with E-state index in [0.29, 0.717) is 0 Å². The molecule has 0 spiro atoms. The molecule has 1 N–H and O–H groups in total. The van der Waals surface area contributed by atoms with Crippen molar-refractivity contribution in [2.24, 2.45) is 5.10 Å². The van der Waals surface area contributed by atoms with Crippen LogP contribution in [-0.2, 0) is 0 Å². The van der Waals surface area contributed by atoms with Crippen LogP contribution < -0.4 is 10.2 Å². The van der Waals surface area contributed by atoms with Crippen molar-refractivity contribution in [3.63, 3.8) is 0 Å². The first kappa shape index (κ1) is 10.3. The molecule has 3 nitrogen and oxygen atoms in total. The maximum Gasteiger partial charge on any atom is 0.119 e. The van der Waals surface area contributed by atoms with Crippen molar-refractivity contribution in [1.82, 2.24) is 5.43 Å². The zero-order chi connectivity index (χ0) is 10.4. The standard InChI is InChI=1S/C11H14N2O/c1-4-11(13-12-2)9-6-5-7-10(8-9)14-3/h4-8,12H,1H2,2-3H3/b13-11+. The Bertz CT molecular complexity index is 345. The number of hydrogen-bond donors (Lipinski definition) is 1. The van der Waals surface area contributed by atoms with Gasteiger partial charge in [-0.25, -0.2) is 0 Å². The lowest BCUT2D eigenvalue weighted by Crippen LogP contribution is -2.04. The van der Waals surface area contributed by atoms with Gasteiger partial charge in [0.25, 0.3) is 0 Å². The van der Waals surface area contributed by atoms with Gasteiger partial charge >= 0.3 is 0 Å². The average Bonchev–Trinajstić information content (AvgIpc) is 2.26. The van der Waals surface area contributed by atoms with Crippen molar-refractivity contribution in [2.45, 2.75) is 0 Å². The van der Waals surface area contributed by atoms with Crippen LogP contribution in [0.25, 0.3) is 0 Å². The number of hydrazone groups is 1. The van der Waals surface area contributed by atoms with Gasteiger partial charge in [-0.1, -0.05) is 18.7 Å². The Balaban J connectivity index is 3.04. The van der Waals surface area contributed by atoms with E-state index in [9.17, 15) is 0 Å². The van der Waals surface area contributed by atoms with Gasteiger partial charge in [-0.15, -0.1) is 0 Å². The van der Waals surface area contributed by atoms with Gasteiger partial charge in [0.2, 0.25) is 0 Å². The number of methoxy groups -OCH3 is 1. The first-order chi connectivity index (χ1) is 6.81. The summed E-state index contributed by atoms with van der Waals surface area (Å²) in [6.07, 6.45) is 1.70. The molecule has 0 fully saturated rings. The summed E-state index contributed by atoms with van der Waals surface area (Å²) in [5.41, 5.74) is 4.51. The van der Waals surface area contributed by atoms with Gasteiger partial charge in [0, 0.05) is 12.6 Å². The van der Waals surface area contributed by atoms with Gasteiger partial charge in [0.1, 0.15) is 5.75 Å². The molecule has 0 saturated carbocycles. The zero-order valence-electron chi connectivity index (χ0n) is 8.45. The van der Waals surface area contributed by atoms with Gasteiger partial charge in [-0.05, 0) is 18.2 Å². The molecule has 0 radical (unpaired) electrons. The van der Waals surface area contributed by atoms with Crippen molar-refractivity contribution >= 4 is 5.71 Å². The molecule has 74 valence electrons. The van der Waals surface area contributed by atoms with Crippen LogP contribution in [0, 0.1) is 0 Å². The van der Waals surface area contributed by atoms with E-state index < -0.39 is 0 Å². The third-order valence-corrected chi connectivity index (χ3v) is 1.79. The summed E-state index contributed by atoms with van der Waals surface area (Å²) in [6, 6.07) is 7.69. The smallest absolute Gasteiger partial charge is 0.119 e. The highest BCUT2D eigenvalue weighted by Crippen LogP contribution is 2.13. The highest BCUT2D eigenvalue weighted by molar-refractivity contribution is 6.08. The lowest BCUT2D eigenvalue weighted by atomic mass is 10.1. The largest absolute Gasteiger partial charge is 0.497 e. The minimum absolute atomic E-state index is 0.798. The molecule has 3 heteroatoms. The predicted octanol–water partition coefficient (Wildman–Crippen LogP) is 1.80. The monoisotopic (exact) mass is 190 g/mol. The van der Waals surface area contributed by atoms with Gasteiger partial charge in [0.05, 0.1) is 12.8 Å². The highest BCUT2D eigenvalue weighted by Gasteiger charge is 2.00. The maximum atomic E-state index is 5.12. The second-order valence-corrected chi connectivity index (χ2v) is 2.66. The number of ether oxygens (including phenoxy) is 1. The van der Waals surface area contributed by atoms with E-state index in [0.717, 1.165) is 17.0 Å². The van der Waals surface area contributed by atoms with Gasteiger partial charge in [-0.3, -0.25) is 0 Å². The first-order valence-electron chi connectivity index (χ1n) is 4.33. The van der Waals surface area contributed by atoms with Crippen LogP contribution in [0.2, 0.25) is 0 Å². The van der Waals surface area contributed by atoms with E-state index in [1.807, 2.05) is 24.3 Å². The van der Waals surface area contributed by atoms with E-state index in [-0.39, 0.29) is 0 Å². The van der Waals surface area contributed by atoms with Crippen molar-refractivity contribution < 1.29 is 4.74 Å².